The molecule has 0 saturated heterocycles. The first-order chi connectivity index (χ1) is 27.0. The molecule has 0 aliphatic rings. The van der Waals surface area contributed by atoms with Crippen molar-refractivity contribution in [2.45, 2.75) is 45.4 Å². The molecule has 300 valence electrons. The number of urea groups is 1. The van der Waals surface area contributed by atoms with Crippen LogP contribution in [0.3, 0.4) is 0 Å². The number of aromatic nitrogens is 1. The molecule has 1 heterocycles. The Morgan fingerprint density at radius 2 is 1.53 bits per heavy atom. The van der Waals surface area contributed by atoms with Crippen LogP contribution in [0.15, 0.2) is 85.1 Å². The Morgan fingerprint density at radius 3 is 2.21 bits per heavy atom. The van der Waals surface area contributed by atoms with E-state index in [4.69, 9.17) is 19.3 Å². The van der Waals surface area contributed by atoms with E-state index in [2.05, 4.69) is 31.0 Å². The van der Waals surface area contributed by atoms with Gasteiger partial charge in [-0.05, 0) is 66.3 Å². The summed E-state index contributed by atoms with van der Waals surface area (Å²) in [5.74, 6) is 0.755. The monoisotopic (exact) mass is 798 g/mol. The van der Waals surface area contributed by atoms with Crippen molar-refractivity contribution >= 4 is 67.3 Å². The molecular weight excluding hydrogens is 753 g/mol. The Balaban J connectivity index is 1.31. The lowest BCUT2D eigenvalue weighted by molar-refractivity contribution is -0.137. The van der Waals surface area contributed by atoms with E-state index >= 15 is 0 Å². The second-order valence-corrected chi connectivity index (χ2v) is 15.8. The smallest absolute Gasteiger partial charge is 0.323 e. The molecule has 57 heavy (non-hydrogen) atoms. The number of carbonyl (C=O) groups excluding carboxylic acids is 2. The van der Waals surface area contributed by atoms with E-state index in [1.165, 1.54) is 14.2 Å². The number of nitrogens with zero attached hydrogens (tertiary/aromatic N) is 1. The van der Waals surface area contributed by atoms with E-state index in [-0.39, 0.29) is 34.9 Å². The van der Waals surface area contributed by atoms with Crippen LogP contribution < -0.4 is 40.2 Å². The lowest BCUT2D eigenvalue weighted by Gasteiger charge is -2.24. The number of carboxylic acid groups (broad SMARTS) is 1. The molecule has 6 N–H and O–H groups in total. The molecule has 5 aromatic rings. The van der Waals surface area contributed by atoms with Gasteiger partial charge in [-0.15, -0.1) is 0 Å². The van der Waals surface area contributed by atoms with Crippen LogP contribution in [0.4, 0.5) is 33.4 Å². The number of sulfonamides is 1. The number of aliphatic carboxylic acids is 1. The van der Waals surface area contributed by atoms with E-state index in [1.54, 1.807) is 60.8 Å². The number of unbranched alkanes of at least 4 members (excludes halogenated alkanes) is 1. The average molecular weight is 799 g/mol. The van der Waals surface area contributed by atoms with Crippen molar-refractivity contribution in [3.8, 4) is 23.0 Å². The number of methoxy groups -OCH3 is 2. The van der Waals surface area contributed by atoms with Crippen LogP contribution in [-0.2, 0) is 20.2 Å². The molecular formula is C41H46N6O9S. The lowest BCUT2D eigenvalue weighted by atomic mass is 9.86. The zero-order chi connectivity index (χ0) is 41.3. The van der Waals surface area contributed by atoms with Crippen molar-refractivity contribution in [3.05, 3.63) is 96.2 Å². The van der Waals surface area contributed by atoms with Gasteiger partial charge in [0.1, 0.15) is 23.1 Å². The number of fused-ring (bicyclic) bond motifs is 1. The van der Waals surface area contributed by atoms with Gasteiger partial charge in [0.25, 0.3) is 5.91 Å². The number of ether oxygens (including phenoxy) is 3. The lowest BCUT2D eigenvalue weighted by Crippen LogP contribution is -2.25. The maximum atomic E-state index is 13.5. The summed E-state index contributed by atoms with van der Waals surface area (Å²) in [7, 11) is -0.791. The molecule has 1 aromatic heterocycles. The molecule has 0 unspecified atom stereocenters. The minimum absolute atomic E-state index is 0.0460. The minimum atomic E-state index is -3.65. The fourth-order valence-corrected chi connectivity index (χ4v) is 6.42. The van der Waals surface area contributed by atoms with Gasteiger partial charge in [-0.25, -0.2) is 18.2 Å². The summed E-state index contributed by atoms with van der Waals surface area (Å²) in [4.78, 5) is 41.4. The summed E-state index contributed by atoms with van der Waals surface area (Å²) in [6.07, 6.45) is 3.68. The Labute approximate surface area is 331 Å². The standard InChI is InChI=1S/C41H46N6O9S/c1-41(2,3)25-21-32(38(55-5)33(22-25)47-57(6,52)53)46-40(51)45-31-16-17-34(29-12-8-7-11-28(29)31)56-27-18-20-42-36(24-27)44-26-14-15-30(35(23-26)54-4)39(50)43-19-10-9-13-37(48)49/h7-8,11-12,14-18,20-24,47H,9-10,13,19H2,1-6H3,(H,42,44)(H,43,50)(H,48,49)(H2,45,46,51). The van der Waals surface area contributed by atoms with Gasteiger partial charge in [-0.2, -0.15) is 0 Å². The van der Waals surface area contributed by atoms with Crippen LogP contribution in [0.1, 0.15) is 56.0 Å². The maximum Gasteiger partial charge on any atom is 0.323 e. The molecule has 0 radical (unpaired) electrons. The number of nitrogens with one attached hydrogen (secondary N) is 5. The zero-order valence-electron chi connectivity index (χ0n) is 32.5. The number of carbonyl (C=O) groups is 3. The van der Waals surface area contributed by atoms with Crippen LogP contribution in [0, 0.1) is 0 Å². The molecule has 4 aromatic carbocycles. The molecule has 15 nitrogen and oxygen atoms in total. The third-order valence-corrected chi connectivity index (χ3v) is 9.21. The Hall–Kier alpha value is -6.55. The summed E-state index contributed by atoms with van der Waals surface area (Å²) in [6.45, 7) is 6.26. The molecule has 0 fully saturated rings. The first-order valence-electron chi connectivity index (χ1n) is 17.9. The van der Waals surface area contributed by atoms with Crippen LogP contribution in [0.25, 0.3) is 10.8 Å². The minimum Gasteiger partial charge on any atom is -0.496 e. The topological polar surface area (TPSA) is 206 Å². The number of hydrogen-bond donors (Lipinski definition) is 6. The first-order valence-corrected chi connectivity index (χ1v) is 19.8. The molecule has 5 rings (SSSR count). The highest BCUT2D eigenvalue weighted by Gasteiger charge is 2.23. The summed E-state index contributed by atoms with van der Waals surface area (Å²) in [6, 6.07) is 22.2. The molecule has 0 aliphatic carbocycles. The predicted octanol–water partition coefficient (Wildman–Crippen LogP) is 8.09. The normalized spacial score (nSPS) is 11.3. The Bertz CT molecular complexity index is 2400. The van der Waals surface area contributed by atoms with Crippen molar-refractivity contribution in [3.63, 3.8) is 0 Å². The maximum absolute atomic E-state index is 13.5. The highest BCUT2D eigenvalue weighted by Crippen LogP contribution is 2.40. The summed E-state index contributed by atoms with van der Waals surface area (Å²) in [5.41, 5.74) is 2.31. The number of amides is 3. The summed E-state index contributed by atoms with van der Waals surface area (Å²) >= 11 is 0. The van der Waals surface area contributed by atoms with Gasteiger partial charge in [0.05, 0.1) is 43.1 Å². The number of pyridine rings is 1. The number of hydrogen-bond acceptors (Lipinski definition) is 10. The van der Waals surface area contributed by atoms with Crippen molar-refractivity contribution in [1.82, 2.24) is 10.3 Å². The summed E-state index contributed by atoms with van der Waals surface area (Å²) < 4.78 is 44.1. The predicted molar refractivity (Wildman–Crippen MR) is 221 cm³/mol. The van der Waals surface area contributed by atoms with Crippen LogP contribution in [0.5, 0.6) is 23.0 Å². The van der Waals surface area contributed by atoms with Gasteiger partial charge in [0, 0.05) is 47.8 Å². The van der Waals surface area contributed by atoms with E-state index < -0.39 is 22.0 Å². The third-order valence-electron chi connectivity index (χ3n) is 8.62. The molecule has 16 heteroatoms. The number of anilines is 5. The number of carboxylic acids is 1. The van der Waals surface area contributed by atoms with Crippen LogP contribution in [0.2, 0.25) is 0 Å². The fraction of sp³-hybridized carbons (Fsp3) is 0.268. The van der Waals surface area contributed by atoms with Crippen molar-refractivity contribution < 1.29 is 42.1 Å². The van der Waals surface area contributed by atoms with Crippen LogP contribution in [-0.4, -0.2) is 63.4 Å². The Morgan fingerprint density at radius 1 is 0.807 bits per heavy atom. The zero-order valence-corrected chi connectivity index (χ0v) is 33.3. The molecule has 0 spiro atoms. The molecule has 3 amide bonds. The van der Waals surface area contributed by atoms with E-state index in [0.717, 1.165) is 11.8 Å². The second kappa shape index (κ2) is 17.9. The molecule has 0 atom stereocenters. The van der Waals surface area contributed by atoms with Gasteiger partial charge in [-0.1, -0.05) is 45.0 Å². The molecule has 0 saturated carbocycles. The highest BCUT2D eigenvalue weighted by atomic mass is 32.2. The summed E-state index contributed by atoms with van der Waals surface area (Å²) in [5, 5.41) is 21.9. The van der Waals surface area contributed by atoms with Gasteiger partial charge in [0.15, 0.2) is 5.75 Å². The van der Waals surface area contributed by atoms with Crippen molar-refractivity contribution in [2.75, 3.05) is 47.7 Å². The van der Waals surface area contributed by atoms with E-state index in [1.807, 2.05) is 45.0 Å². The van der Waals surface area contributed by atoms with Gasteiger partial charge in [-0.3, -0.25) is 14.3 Å². The highest BCUT2D eigenvalue weighted by molar-refractivity contribution is 7.92. The first kappa shape index (κ1) is 41.6. The fourth-order valence-electron chi connectivity index (χ4n) is 5.87. The SMILES string of the molecule is COc1cc(Nc2cc(Oc3ccc(NC(=O)Nc4cc(C(C)(C)C)cc(NS(C)(=O)=O)c4OC)c4ccccc34)ccn2)ccc1C(=O)NCCCCC(=O)O. The Kier molecular flexibility index (Phi) is 13.1. The van der Waals surface area contributed by atoms with Gasteiger partial charge in [0.2, 0.25) is 10.0 Å². The number of rotatable bonds is 16. The second-order valence-electron chi connectivity index (χ2n) is 14.1. The van der Waals surface area contributed by atoms with E-state index in [9.17, 15) is 22.8 Å². The van der Waals surface area contributed by atoms with E-state index in [0.29, 0.717) is 70.2 Å². The number of benzene rings is 4. The van der Waals surface area contributed by atoms with Gasteiger partial charge >= 0.3 is 12.0 Å². The van der Waals surface area contributed by atoms with Crippen molar-refractivity contribution in [1.29, 1.82) is 0 Å². The molecule has 0 bridgehead atoms. The largest absolute Gasteiger partial charge is 0.496 e. The van der Waals surface area contributed by atoms with Gasteiger partial charge < -0.3 is 40.6 Å². The quantitative estimate of drug-likeness (QED) is 0.0526. The van der Waals surface area contributed by atoms with Crippen LogP contribution >= 0.6 is 0 Å². The van der Waals surface area contributed by atoms with Crippen molar-refractivity contribution in [2.24, 2.45) is 0 Å². The third kappa shape index (κ3) is 11.3. The molecule has 0 aliphatic heterocycles. The average Bonchev–Trinajstić information content (AvgIpc) is 3.14.